The monoisotopic (exact) mass is 229 g/mol. The largest absolute Gasteiger partial charge is 0.345 e. The summed E-state index contributed by atoms with van der Waals surface area (Å²) in [5.74, 6) is 1.30. The van der Waals surface area contributed by atoms with Gasteiger partial charge >= 0.3 is 0 Å². The molecule has 1 saturated heterocycles. The second-order valence-electron chi connectivity index (χ2n) is 3.76. The number of H-pyrrole nitrogens is 1. The Bertz CT molecular complexity index is 438. The number of nitrogens with zero attached hydrogens (tertiary/aromatic N) is 1. The summed E-state index contributed by atoms with van der Waals surface area (Å²) in [5, 5.41) is 3.18. The first kappa shape index (κ1) is 10.6. The Labute approximate surface area is 89.2 Å². The van der Waals surface area contributed by atoms with E-state index in [9.17, 15) is 8.42 Å². The van der Waals surface area contributed by atoms with Crippen LogP contribution in [0.15, 0.2) is 6.20 Å². The number of nitrogens with one attached hydrogen (secondary N) is 2. The van der Waals surface area contributed by atoms with Crippen molar-refractivity contribution in [3.8, 4) is 0 Å². The van der Waals surface area contributed by atoms with E-state index in [1.807, 2.05) is 6.92 Å². The van der Waals surface area contributed by atoms with Crippen LogP contribution in [0.1, 0.15) is 24.5 Å². The first-order valence-corrected chi connectivity index (χ1v) is 6.90. The minimum atomic E-state index is -2.89. The lowest BCUT2D eigenvalue weighted by Gasteiger charge is -2.22. The maximum absolute atomic E-state index is 11.4. The van der Waals surface area contributed by atoms with E-state index in [2.05, 4.69) is 15.3 Å². The zero-order chi connectivity index (χ0) is 10.9. The third-order valence-electron chi connectivity index (χ3n) is 2.58. The fraction of sp³-hybridized carbons (Fsp3) is 0.667. The molecule has 1 unspecified atom stereocenters. The van der Waals surface area contributed by atoms with Gasteiger partial charge in [0.15, 0.2) is 9.84 Å². The highest BCUT2D eigenvalue weighted by Crippen LogP contribution is 2.16. The van der Waals surface area contributed by atoms with E-state index in [1.54, 1.807) is 6.20 Å². The lowest BCUT2D eigenvalue weighted by molar-refractivity contribution is 0.525. The zero-order valence-corrected chi connectivity index (χ0v) is 9.47. The Kier molecular flexibility index (Phi) is 2.79. The van der Waals surface area contributed by atoms with E-state index in [0.717, 1.165) is 17.9 Å². The van der Waals surface area contributed by atoms with Crippen molar-refractivity contribution in [3.63, 3.8) is 0 Å². The van der Waals surface area contributed by atoms with Crippen molar-refractivity contribution in [1.29, 1.82) is 0 Å². The molecule has 0 aromatic carbocycles. The molecule has 1 fully saturated rings. The predicted molar refractivity (Wildman–Crippen MR) is 57.4 cm³/mol. The molecule has 2 rings (SSSR count). The molecule has 1 aromatic heterocycles. The number of hydrogen-bond donors (Lipinski definition) is 2. The first-order valence-electron chi connectivity index (χ1n) is 5.08. The number of aromatic amines is 1. The van der Waals surface area contributed by atoms with Gasteiger partial charge in [-0.1, -0.05) is 6.92 Å². The maximum atomic E-state index is 11.4. The van der Waals surface area contributed by atoms with Gasteiger partial charge in [0.25, 0.3) is 0 Å². The van der Waals surface area contributed by atoms with Crippen LogP contribution in [0, 0.1) is 0 Å². The van der Waals surface area contributed by atoms with Gasteiger partial charge in [-0.3, -0.25) is 0 Å². The van der Waals surface area contributed by atoms with Crippen molar-refractivity contribution in [3.05, 3.63) is 17.7 Å². The van der Waals surface area contributed by atoms with Crippen LogP contribution in [0.4, 0.5) is 0 Å². The first-order chi connectivity index (χ1) is 7.11. The second kappa shape index (κ2) is 3.94. The van der Waals surface area contributed by atoms with Gasteiger partial charge < -0.3 is 10.3 Å². The van der Waals surface area contributed by atoms with E-state index in [-0.39, 0.29) is 17.5 Å². The molecular formula is C9H15N3O2S. The lowest BCUT2D eigenvalue weighted by Crippen LogP contribution is -2.39. The van der Waals surface area contributed by atoms with E-state index >= 15 is 0 Å². The van der Waals surface area contributed by atoms with Crippen LogP contribution in [-0.2, 0) is 16.3 Å². The lowest BCUT2D eigenvalue weighted by atomic mass is 10.2. The van der Waals surface area contributed by atoms with E-state index in [4.69, 9.17) is 0 Å². The molecule has 0 radical (unpaired) electrons. The molecule has 15 heavy (non-hydrogen) atoms. The average molecular weight is 229 g/mol. The normalized spacial score (nSPS) is 25.3. The molecule has 0 saturated carbocycles. The highest BCUT2D eigenvalue weighted by molar-refractivity contribution is 7.91. The topological polar surface area (TPSA) is 74.8 Å². The van der Waals surface area contributed by atoms with Crippen LogP contribution in [-0.4, -0.2) is 36.4 Å². The van der Waals surface area contributed by atoms with E-state index < -0.39 is 9.84 Å². The fourth-order valence-corrected chi connectivity index (χ4v) is 3.12. The van der Waals surface area contributed by atoms with Crippen molar-refractivity contribution < 1.29 is 8.42 Å². The summed E-state index contributed by atoms with van der Waals surface area (Å²) in [7, 11) is -2.89. The Morgan fingerprint density at radius 1 is 1.60 bits per heavy atom. The van der Waals surface area contributed by atoms with Gasteiger partial charge in [-0.05, 0) is 0 Å². The summed E-state index contributed by atoms with van der Waals surface area (Å²) in [6.07, 6.45) is 2.55. The molecule has 2 heterocycles. The SMILES string of the molecule is CCc1ncc(C2CS(=O)(=O)CCN2)[nH]1. The standard InChI is InChI=1S/C9H15N3O2S/c1-2-9-11-5-7(12-9)8-6-15(13,14)4-3-10-8/h5,8,10H,2-4,6H2,1H3,(H,11,12). The molecule has 2 N–H and O–H groups in total. The molecule has 0 amide bonds. The van der Waals surface area contributed by atoms with Crippen molar-refractivity contribution in [2.45, 2.75) is 19.4 Å². The minimum Gasteiger partial charge on any atom is -0.345 e. The summed E-state index contributed by atoms with van der Waals surface area (Å²) >= 11 is 0. The molecule has 1 aromatic rings. The van der Waals surface area contributed by atoms with Gasteiger partial charge in [0.1, 0.15) is 5.82 Å². The quantitative estimate of drug-likeness (QED) is 0.750. The van der Waals surface area contributed by atoms with Gasteiger partial charge in [0.2, 0.25) is 0 Å². The van der Waals surface area contributed by atoms with Crippen molar-refractivity contribution in [2.75, 3.05) is 18.1 Å². The van der Waals surface area contributed by atoms with Crippen molar-refractivity contribution in [2.24, 2.45) is 0 Å². The van der Waals surface area contributed by atoms with Gasteiger partial charge in [-0.15, -0.1) is 0 Å². The number of hydrogen-bond acceptors (Lipinski definition) is 4. The molecule has 5 nitrogen and oxygen atoms in total. The third-order valence-corrected chi connectivity index (χ3v) is 4.25. The molecule has 84 valence electrons. The number of sulfone groups is 1. The third kappa shape index (κ3) is 2.38. The minimum absolute atomic E-state index is 0.128. The van der Waals surface area contributed by atoms with Crippen molar-refractivity contribution in [1.82, 2.24) is 15.3 Å². The van der Waals surface area contributed by atoms with Crippen LogP contribution in [0.2, 0.25) is 0 Å². The van der Waals surface area contributed by atoms with Crippen LogP contribution in [0.3, 0.4) is 0 Å². The highest BCUT2D eigenvalue weighted by Gasteiger charge is 2.26. The molecule has 0 bridgehead atoms. The maximum Gasteiger partial charge on any atom is 0.153 e. The smallest absolute Gasteiger partial charge is 0.153 e. The summed E-state index contributed by atoms with van der Waals surface area (Å²) in [6, 6.07) is -0.128. The summed E-state index contributed by atoms with van der Waals surface area (Å²) in [6.45, 7) is 2.53. The van der Waals surface area contributed by atoms with Gasteiger partial charge in [-0.25, -0.2) is 13.4 Å². The Morgan fingerprint density at radius 3 is 3.00 bits per heavy atom. The summed E-state index contributed by atoms with van der Waals surface area (Å²) in [5.41, 5.74) is 0.870. The molecule has 6 heteroatoms. The summed E-state index contributed by atoms with van der Waals surface area (Å²) in [4.78, 5) is 7.30. The van der Waals surface area contributed by atoms with E-state index in [1.165, 1.54) is 0 Å². The van der Waals surface area contributed by atoms with Crippen molar-refractivity contribution >= 4 is 9.84 Å². The molecule has 1 aliphatic rings. The van der Waals surface area contributed by atoms with Gasteiger partial charge in [0.05, 0.1) is 23.2 Å². The van der Waals surface area contributed by atoms with Crippen LogP contribution in [0.5, 0.6) is 0 Å². The fourth-order valence-electron chi connectivity index (χ4n) is 1.72. The second-order valence-corrected chi connectivity index (χ2v) is 5.99. The zero-order valence-electron chi connectivity index (χ0n) is 8.66. The Balaban J connectivity index is 2.17. The number of aromatic nitrogens is 2. The average Bonchev–Trinajstić information content (AvgIpc) is 2.64. The molecular weight excluding hydrogens is 214 g/mol. The van der Waals surface area contributed by atoms with E-state index in [0.29, 0.717) is 6.54 Å². The summed E-state index contributed by atoms with van der Waals surface area (Å²) < 4.78 is 22.9. The molecule has 0 aliphatic carbocycles. The molecule has 1 atom stereocenters. The van der Waals surface area contributed by atoms with Gasteiger partial charge in [-0.2, -0.15) is 0 Å². The number of aryl methyl sites for hydroxylation is 1. The molecule has 1 aliphatic heterocycles. The van der Waals surface area contributed by atoms with Crippen LogP contribution >= 0.6 is 0 Å². The molecule has 0 spiro atoms. The Morgan fingerprint density at radius 2 is 2.40 bits per heavy atom. The number of rotatable bonds is 2. The Hall–Kier alpha value is -0.880. The predicted octanol–water partition coefficient (Wildman–Crippen LogP) is 0.0312. The highest BCUT2D eigenvalue weighted by atomic mass is 32.2. The van der Waals surface area contributed by atoms with Crippen LogP contribution in [0.25, 0.3) is 0 Å². The van der Waals surface area contributed by atoms with Crippen LogP contribution < -0.4 is 5.32 Å². The number of imidazole rings is 1. The van der Waals surface area contributed by atoms with Gasteiger partial charge in [0, 0.05) is 19.2 Å².